The van der Waals surface area contributed by atoms with Gasteiger partial charge in [-0.15, -0.1) is 11.6 Å². The lowest BCUT2D eigenvalue weighted by Crippen LogP contribution is -2.31. The monoisotopic (exact) mass is 255 g/mol. The van der Waals surface area contributed by atoms with Crippen molar-refractivity contribution < 1.29 is 9.59 Å². The second-order valence-electron chi connectivity index (χ2n) is 3.33. The number of nitrogens with zero attached hydrogens (tertiary/aromatic N) is 1. The molecule has 0 aliphatic rings. The van der Waals surface area contributed by atoms with E-state index in [2.05, 4.69) is 15.6 Å². The number of alkyl halides is 1. The number of pyridine rings is 1. The van der Waals surface area contributed by atoms with Gasteiger partial charge in [-0.2, -0.15) is 0 Å². The van der Waals surface area contributed by atoms with Crippen LogP contribution < -0.4 is 10.6 Å². The quantitative estimate of drug-likeness (QED) is 0.725. The molecule has 0 aliphatic heterocycles. The van der Waals surface area contributed by atoms with E-state index in [0.717, 1.165) is 5.69 Å². The maximum absolute atomic E-state index is 11.4. The number of halogens is 1. The molecule has 92 valence electrons. The maximum atomic E-state index is 11.4. The predicted molar refractivity (Wildman–Crippen MR) is 64.4 cm³/mol. The molecule has 0 saturated carbocycles. The van der Waals surface area contributed by atoms with E-state index < -0.39 is 0 Å². The topological polar surface area (TPSA) is 71.1 Å². The minimum absolute atomic E-state index is 0.0877. The van der Waals surface area contributed by atoms with Gasteiger partial charge in [-0.05, 0) is 12.1 Å². The molecule has 6 heteroatoms. The van der Waals surface area contributed by atoms with Crippen LogP contribution in [0.3, 0.4) is 0 Å². The summed E-state index contributed by atoms with van der Waals surface area (Å²) in [7, 11) is 0. The lowest BCUT2D eigenvalue weighted by molar-refractivity contribution is -0.121. The van der Waals surface area contributed by atoms with Crippen LogP contribution in [0.4, 0.5) is 0 Å². The zero-order valence-electron chi connectivity index (χ0n) is 9.28. The highest BCUT2D eigenvalue weighted by Gasteiger charge is 2.03. The zero-order valence-corrected chi connectivity index (χ0v) is 10.0. The Kier molecular flexibility index (Phi) is 6.03. The first-order valence-electron chi connectivity index (χ1n) is 5.21. The number of aromatic nitrogens is 1. The fourth-order valence-corrected chi connectivity index (χ4v) is 1.24. The fourth-order valence-electron chi connectivity index (χ4n) is 1.14. The Morgan fingerprint density at radius 3 is 2.71 bits per heavy atom. The SMILES string of the molecule is O=C(CCl)NCCC(=O)NCc1ccccn1. The Bertz CT molecular complexity index is 370. The van der Waals surface area contributed by atoms with Crippen molar-refractivity contribution in [3.8, 4) is 0 Å². The van der Waals surface area contributed by atoms with Gasteiger partial charge in [-0.3, -0.25) is 14.6 Å². The highest BCUT2D eigenvalue weighted by molar-refractivity contribution is 6.27. The fraction of sp³-hybridized carbons (Fsp3) is 0.364. The molecule has 1 aromatic rings. The largest absolute Gasteiger partial charge is 0.355 e. The van der Waals surface area contributed by atoms with Crippen LogP contribution in [0, 0.1) is 0 Å². The van der Waals surface area contributed by atoms with Crippen molar-refractivity contribution in [2.75, 3.05) is 12.4 Å². The number of rotatable bonds is 6. The third-order valence-corrected chi connectivity index (χ3v) is 2.23. The average Bonchev–Trinajstić information content (AvgIpc) is 2.37. The lowest BCUT2D eigenvalue weighted by atomic mass is 10.3. The minimum atomic E-state index is -0.274. The summed E-state index contributed by atoms with van der Waals surface area (Å²) in [5.74, 6) is -0.495. The van der Waals surface area contributed by atoms with Crippen LogP contribution in [0.2, 0.25) is 0 Å². The first-order valence-corrected chi connectivity index (χ1v) is 5.75. The van der Waals surface area contributed by atoms with Gasteiger partial charge in [0.15, 0.2) is 0 Å². The number of carbonyl (C=O) groups is 2. The summed E-state index contributed by atoms with van der Waals surface area (Å²) in [5, 5.41) is 5.22. The van der Waals surface area contributed by atoms with Crippen molar-refractivity contribution in [2.45, 2.75) is 13.0 Å². The molecule has 0 aliphatic carbocycles. The van der Waals surface area contributed by atoms with Crippen LogP contribution in [0.5, 0.6) is 0 Å². The van der Waals surface area contributed by atoms with E-state index in [-0.39, 0.29) is 24.1 Å². The Hall–Kier alpha value is -1.62. The molecule has 2 N–H and O–H groups in total. The summed E-state index contributed by atoms with van der Waals surface area (Å²) in [5.41, 5.74) is 0.797. The molecule has 2 amide bonds. The standard InChI is InChI=1S/C11H14ClN3O2/c12-7-11(17)14-6-4-10(16)15-8-9-3-1-2-5-13-9/h1-3,5H,4,6-8H2,(H,14,17)(H,15,16). The van der Waals surface area contributed by atoms with Gasteiger partial charge in [-0.1, -0.05) is 6.07 Å². The van der Waals surface area contributed by atoms with E-state index in [9.17, 15) is 9.59 Å². The van der Waals surface area contributed by atoms with Gasteiger partial charge in [0.1, 0.15) is 5.88 Å². The first-order chi connectivity index (χ1) is 8.22. The van der Waals surface area contributed by atoms with Crippen LogP contribution in [0.1, 0.15) is 12.1 Å². The van der Waals surface area contributed by atoms with E-state index >= 15 is 0 Å². The van der Waals surface area contributed by atoms with Crippen molar-refractivity contribution in [3.63, 3.8) is 0 Å². The van der Waals surface area contributed by atoms with E-state index in [1.165, 1.54) is 0 Å². The molecule has 1 rings (SSSR count). The van der Waals surface area contributed by atoms with Crippen molar-refractivity contribution in [1.29, 1.82) is 0 Å². The molecular weight excluding hydrogens is 242 g/mol. The van der Waals surface area contributed by atoms with Gasteiger partial charge in [0.25, 0.3) is 0 Å². The van der Waals surface area contributed by atoms with Gasteiger partial charge < -0.3 is 10.6 Å². The molecule has 1 aromatic heterocycles. The molecule has 0 saturated heterocycles. The van der Waals surface area contributed by atoms with Crippen LogP contribution in [0.25, 0.3) is 0 Å². The van der Waals surface area contributed by atoms with E-state index in [0.29, 0.717) is 13.1 Å². The molecule has 0 fully saturated rings. The summed E-state index contributed by atoms with van der Waals surface area (Å²) in [6.07, 6.45) is 1.90. The van der Waals surface area contributed by atoms with Gasteiger partial charge in [0.05, 0.1) is 12.2 Å². The molecular formula is C11H14ClN3O2. The molecule has 0 aromatic carbocycles. The van der Waals surface area contributed by atoms with Crippen LogP contribution in [-0.2, 0) is 16.1 Å². The second-order valence-corrected chi connectivity index (χ2v) is 3.60. The van der Waals surface area contributed by atoms with E-state index in [1.54, 1.807) is 6.20 Å². The number of hydrogen-bond acceptors (Lipinski definition) is 3. The Morgan fingerprint density at radius 2 is 2.06 bits per heavy atom. The first kappa shape index (κ1) is 13.4. The zero-order chi connectivity index (χ0) is 12.5. The predicted octanol–water partition coefficient (Wildman–Crippen LogP) is 0.443. The Morgan fingerprint density at radius 1 is 1.24 bits per heavy atom. The van der Waals surface area contributed by atoms with Crippen molar-refractivity contribution in [2.24, 2.45) is 0 Å². The van der Waals surface area contributed by atoms with Crippen LogP contribution >= 0.6 is 11.6 Å². The molecule has 0 unspecified atom stereocenters. The molecule has 1 heterocycles. The number of amides is 2. The number of nitrogens with one attached hydrogen (secondary N) is 2. The second kappa shape index (κ2) is 7.62. The molecule has 0 bridgehead atoms. The third kappa shape index (κ3) is 5.87. The van der Waals surface area contributed by atoms with E-state index in [1.807, 2.05) is 18.2 Å². The smallest absolute Gasteiger partial charge is 0.234 e. The Labute approximate surface area is 105 Å². The summed E-state index contributed by atoms with van der Waals surface area (Å²) >= 11 is 5.29. The molecule has 17 heavy (non-hydrogen) atoms. The number of hydrogen-bond donors (Lipinski definition) is 2. The molecule has 5 nitrogen and oxygen atoms in total. The van der Waals surface area contributed by atoms with Gasteiger partial charge in [-0.25, -0.2) is 0 Å². The van der Waals surface area contributed by atoms with Gasteiger partial charge in [0, 0.05) is 19.2 Å². The average molecular weight is 256 g/mol. The Balaban J connectivity index is 2.16. The third-order valence-electron chi connectivity index (χ3n) is 1.99. The van der Waals surface area contributed by atoms with Gasteiger partial charge >= 0.3 is 0 Å². The van der Waals surface area contributed by atoms with Crippen molar-refractivity contribution in [1.82, 2.24) is 15.6 Å². The molecule has 0 spiro atoms. The van der Waals surface area contributed by atoms with Crippen LogP contribution in [-0.4, -0.2) is 29.2 Å². The maximum Gasteiger partial charge on any atom is 0.234 e. The summed E-state index contributed by atoms with van der Waals surface area (Å²) in [6.45, 7) is 0.683. The van der Waals surface area contributed by atoms with Crippen molar-refractivity contribution >= 4 is 23.4 Å². The highest BCUT2D eigenvalue weighted by atomic mass is 35.5. The lowest BCUT2D eigenvalue weighted by Gasteiger charge is -2.05. The summed E-state index contributed by atoms with van der Waals surface area (Å²) in [6, 6.07) is 5.50. The van der Waals surface area contributed by atoms with E-state index in [4.69, 9.17) is 11.6 Å². The normalized spacial score (nSPS) is 9.71. The summed E-state index contributed by atoms with van der Waals surface area (Å²) in [4.78, 5) is 26.2. The minimum Gasteiger partial charge on any atom is -0.355 e. The van der Waals surface area contributed by atoms with Crippen LogP contribution in [0.15, 0.2) is 24.4 Å². The van der Waals surface area contributed by atoms with Gasteiger partial charge in [0.2, 0.25) is 11.8 Å². The molecule has 0 atom stereocenters. The number of carbonyl (C=O) groups excluding carboxylic acids is 2. The van der Waals surface area contributed by atoms with Crippen molar-refractivity contribution in [3.05, 3.63) is 30.1 Å². The highest BCUT2D eigenvalue weighted by Crippen LogP contribution is 1.92. The summed E-state index contributed by atoms with van der Waals surface area (Å²) < 4.78 is 0. The molecule has 0 radical (unpaired) electrons.